The summed E-state index contributed by atoms with van der Waals surface area (Å²) in [4.78, 5) is 0. The van der Waals surface area contributed by atoms with Gasteiger partial charge in [-0.25, -0.2) is 0 Å². The Morgan fingerprint density at radius 2 is 0.839 bits per heavy atom. The Morgan fingerprint density at radius 3 is 1.65 bits per heavy atom. The number of fused-ring (bicyclic) bond motifs is 6. The summed E-state index contributed by atoms with van der Waals surface area (Å²) in [5.74, 6) is 0. The second kappa shape index (κ2) is 7.37. The summed E-state index contributed by atoms with van der Waals surface area (Å²) >= 11 is 3.66. The topological polar surface area (TPSA) is 0 Å². The Labute approximate surface area is 189 Å². The number of benzene rings is 6. The van der Waals surface area contributed by atoms with E-state index in [1.807, 2.05) is 0 Å². The molecular formula is C30H19Br. The fraction of sp³-hybridized carbons (Fsp3) is 0. The molecule has 0 amide bonds. The standard InChI is InChI=1S/C30H19Br/c31-24-14-16-27-25-11-4-5-12-26(25)29-18-23(13-15-28(29)30(27)19-24)22-10-6-9-21(17-22)20-7-2-1-3-8-20/h1-19H. The summed E-state index contributed by atoms with van der Waals surface area (Å²) in [5, 5.41) is 7.76. The van der Waals surface area contributed by atoms with E-state index in [4.69, 9.17) is 0 Å². The maximum atomic E-state index is 3.66. The van der Waals surface area contributed by atoms with Gasteiger partial charge in [0.15, 0.2) is 0 Å². The van der Waals surface area contributed by atoms with Gasteiger partial charge in [0.25, 0.3) is 0 Å². The first-order valence-corrected chi connectivity index (χ1v) is 11.3. The molecule has 0 nitrogen and oxygen atoms in total. The van der Waals surface area contributed by atoms with Crippen molar-refractivity contribution in [2.45, 2.75) is 0 Å². The molecule has 1 heteroatoms. The molecule has 0 unspecified atom stereocenters. The minimum atomic E-state index is 1.11. The molecule has 0 aliphatic rings. The normalized spacial score (nSPS) is 11.4. The Bertz CT molecular complexity index is 1580. The summed E-state index contributed by atoms with van der Waals surface area (Å²) < 4.78 is 1.11. The zero-order valence-corrected chi connectivity index (χ0v) is 18.4. The van der Waals surface area contributed by atoms with Gasteiger partial charge in [-0.15, -0.1) is 0 Å². The van der Waals surface area contributed by atoms with Gasteiger partial charge in [-0.05, 0) is 78.8 Å². The predicted molar refractivity (Wildman–Crippen MR) is 138 cm³/mol. The van der Waals surface area contributed by atoms with Crippen molar-refractivity contribution in [2.24, 2.45) is 0 Å². The molecule has 0 aromatic heterocycles. The molecule has 0 saturated carbocycles. The van der Waals surface area contributed by atoms with Crippen LogP contribution in [0.5, 0.6) is 0 Å². The third-order valence-corrected chi connectivity index (χ3v) is 6.60. The van der Waals surface area contributed by atoms with E-state index in [9.17, 15) is 0 Å². The van der Waals surface area contributed by atoms with E-state index >= 15 is 0 Å². The van der Waals surface area contributed by atoms with Crippen LogP contribution in [0.25, 0.3) is 54.6 Å². The molecule has 6 aromatic rings. The van der Waals surface area contributed by atoms with Gasteiger partial charge in [0.2, 0.25) is 0 Å². The highest BCUT2D eigenvalue weighted by atomic mass is 79.9. The summed E-state index contributed by atoms with van der Waals surface area (Å²) in [5.41, 5.74) is 4.96. The average Bonchev–Trinajstić information content (AvgIpc) is 2.84. The number of rotatable bonds is 2. The van der Waals surface area contributed by atoms with Crippen LogP contribution in [0.4, 0.5) is 0 Å². The van der Waals surface area contributed by atoms with Crippen LogP contribution in [0.1, 0.15) is 0 Å². The van der Waals surface area contributed by atoms with E-state index < -0.39 is 0 Å². The van der Waals surface area contributed by atoms with Crippen molar-refractivity contribution >= 4 is 48.2 Å². The van der Waals surface area contributed by atoms with Crippen LogP contribution in [-0.2, 0) is 0 Å². The van der Waals surface area contributed by atoms with Gasteiger partial charge in [0.1, 0.15) is 0 Å². The summed E-state index contributed by atoms with van der Waals surface area (Å²) in [6, 6.07) is 41.6. The van der Waals surface area contributed by atoms with Gasteiger partial charge >= 0.3 is 0 Å². The summed E-state index contributed by atoms with van der Waals surface area (Å²) in [6.45, 7) is 0. The van der Waals surface area contributed by atoms with Crippen molar-refractivity contribution in [1.29, 1.82) is 0 Å². The van der Waals surface area contributed by atoms with E-state index in [1.54, 1.807) is 0 Å². The number of hydrogen-bond acceptors (Lipinski definition) is 0. The second-order valence-corrected chi connectivity index (χ2v) is 8.86. The smallest absolute Gasteiger partial charge is 0.0181 e. The Hall–Kier alpha value is -3.42. The van der Waals surface area contributed by atoms with Crippen LogP contribution in [0.3, 0.4) is 0 Å². The largest absolute Gasteiger partial charge is 0.0622 e. The van der Waals surface area contributed by atoms with Crippen molar-refractivity contribution < 1.29 is 0 Å². The summed E-state index contributed by atoms with van der Waals surface area (Å²) in [6.07, 6.45) is 0. The molecule has 0 atom stereocenters. The monoisotopic (exact) mass is 458 g/mol. The summed E-state index contributed by atoms with van der Waals surface area (Å²) in [7, 11) is 0. The first kappa shape index (κ1) is 18.4. The number of halogens is 1. The van der Waals surface area contributed by atoms with Crippen LogP contribution < -0.4 is 0 Å². The van der Waals surface area contributed by atoms with Crippen molar-refractivity contribution in [3.05, 3.63) is 120 Å². The molecule has 0 aliphatic carbocycles. The van der Waals surface area contributed by atoms with Gasteiger partial charge in [0.05, 0.1) is 0 Å². The first-order valence-electron chi connectivity index (χ1n) is 10.5. The Morgan fingerprint density at radius 1 is 0.323 bits per heavy atom. The molecule has 0 aliphatic heterocycles. The SMILES string of the molecule is Brc1ccc2c3ccccc3c3cc(-c4cccc(-c5ccccc5)c4)ccc3c2c1. The highest BCUT2D eigenvalue weighted by molar-refractivity contribution is 9.10. The van der Waals surface area contributed by atoms with Crippen molar-refractivity contribution in [1.82, 2.24) is 0 Å². The third kappa shape index (κ3) is 3.13. The fourth-order valence-corrected chi connectivity index (χ4v) is 4.98. The Kier molecular flexibility index (Phi) is 4.36. The van der Waals surface area contributed by atoms with Crippen LogP contribution in [0, 0.1) is 0 Å². The quantitative estimate of drug-likeness (QED) is 0.226. The number of hydrogen-bond donors (Lipinski definition) is 0. The lowest BCUT2D eigenvalue weighted by Crippen LogP contribution is -1.86. The Balaban J connectivity index is 1.62. The maximum absolute atomic E-state index is 3.66. The van der Waals surface area contributed by atoms with Crippen molar-refractivity contribution in [3.8, 4) is 22.3 Å². The molecule has 6 rings (SSSR count). The molecule has 0 radical (unpaired) electrons. The van der Waals surface area contributed by atoms with Crippen LogP contribution >= 0.6 is 15.9 Å². The van der Waals surface area contributed by atoms with Crippen LogP contribution in [0.2, 0.25) is 0 Å². The van der Waals surface area contributed by atoms with E-state index in [0.29, 0.717) is 0 Å². The molecule has 0 heterocycles. The molecule has 0 saturated heterocycles. The molecule has 31 heavy (non-hydrogen) atoms. The lowest BCUT2D eigenvalue weighted by molar-refractivity contribution is 1.60. The average molecular weight is 459 g/mol. The zero-order chi connectivity index (χ0) is 20.8. The molecule has 0 bridgehead atoms. The molecule has 0 fully saturated rings. The fourth-order valence-electron chi connectivity index (χ4n) is 4.62. The third-order valence-electron chi connectivity index (χ3n) is 6.10. The first-order chi connectivity index (χ1) is 15.3. The lowest BCUT2D eigenvalue weighted by Gasteiger charge is -2.13. The molecule has 6 aromatic carbocycles. The highest BCUT2D eigenvalue weighted by Gasteiger charge is 2.10. The molecular weight excluding hydrogens is 440 g/mol. The zero-order valence-electron chi connectivity index (χ0n) is 16.8. The van der Waals surface area contributed by atoms with Crippen LogP contribution in [-0.4, -0.2) is 0 Å². The maximum Gasteiger partial charge on any atom is 0.0181 e. The second-order valence-electron chi connectivity index (χ2n) is 7.94. The van der Waals surface area contributed by atoms with Gasteiger partial charge in [-0.2, -0.15) is 0 Å². The van der Waals surface area contributed by atoms with E-state index in [0.717, 1.165) is 4.47 Å². The lowest BCUT2D eigenvalue weighted by atomic mass is 9.91. The van der Waals surface area contributed by atoms with Gasteiger partial charge in [0, 0.05) is 4.47 Å². The van der Waals surface area contributed by atoms with Crippen molar-refractivity contribution in [3.63, 3.8) is 0 Å². The van der Waals surface area contributed by atoms with E-state index in [2.05, 4.69) is 131 Å². The van der Waals surface area contributed by atoms with Gasteiger partial charge in [-0.3, -0.25) is 0 Å². The van der Waals surface area contributed by atoms with E-state index in [-0.39, 0.29) is 0 Å². The molecule has 0 spiro atoms. The minimum absolute atomic E-state index is 1.11. The van der Waals surface area contributed by atoms with Crippen molar-refractivity contribution in [2.75, 3.05) is 0 Å². The van der Waals surface area contributed by atoms with Crippen LogP contribution in [0.15, 0.2) is 120 Å². The molecule has 0 N–H and O–H groups in total. The van der Waals surface area contributed by atoms with Gasteiger partial charge in [-0.1, -0.05) is 107 Å². The predicted octanol–water partition coefficient (Wildman–Crippen LogP) is 9.24. The van der Waals surface area contributed by atoms with Gasteiger partial charge < -0.3 is 0 Å². The molecule has 146 valence electrons. The highest BCUT2D eigenvalue weighted by Crippen LogP contribution is 2.38. The van der Waals surface area contributed by atoms with E-state index in [1.165, 1.54) is 54.6 Å². The minimum Gasteiger partial charge on any atom is -0.0622 e.